The monoisotopic (exact) mass is 507 g/mol. The first kappa shape index (κ1) is 24.4. The number of nitrogens with zero attached hydrogens (tertiary/aromatic N) is 6. The summed E-state index contributed by atoms with van der Waals surface area (Å²) in [5.74, 6) is 2.06. The van der Waals surface area contributed by atoms with E-state index in [4.69, 9.17) is 9.47 Å². The maximum absolute atomic E-state index is 13.6. The standard InChI is InChI=1S/C27H37N7O3/c1-4-27(2,3)34-25(29-30-31-34)24(33-12-10-32(11-13-33)19-8-6-5-7-9-19)20-14-18-15-22-23(37-17-36-22)16-21(18)28-26(20)35/h14-16,19,24H,4-13,17H2,1-3H3,(H,28,35)/t24-/m0/s1. The van der Waals surface area contributed by atoms with Crippen LogP contribution in [0.2, 0.25) is 0 Å². The smallest absolute Gasteiger partial charge is 0.253 e. The summed E-state index contributed by atoms with van der Waals surface area (Å²) >= 11 is 0. The quantitative estimate of drug-likeness (QED) is 0.542. The molecule has 37 heavy (non-hydrogen) atoms. The van der Waals surface area contributed by atoms with Crippen molar-refractivity contribution in [1.29, 1.82) is 0 Å². The molecule has 2 aromatic heterocycles. The van der Waals surface area contributed by atoms with Crippen LogP contribution in [0.25, 0.3) is 10.9 Å². The summed E-state index contributed by atoms with van der Waals surface area (Å²) in [6, 6.07) is 6.09. The van der Waals surface area contributed by atoms with E-state index in [0.29, 0.717) is 28.9 Å². The zero-order valence-electron chi connectivity index (χ0n) is 22.1. The summed E-state index contributed by atoms with van der Waals surface area (Å²) in [5.41, 5.74) is 0.971. The summed E-state index contributed by atoms with van der Waals surface area (Å²) in [7, 11) is 0. The molecule has 0 amide bonds. The van der Waals surface area contributed by atoms with Gasteiger partial charge in [0.1, 0.15) is 6.04 Å². The number of hydrogen-bond acceptors (Lipinski definition) is 8. The molecule has 6 rings (SSSR count). The first-order chi connectivity index (χ1) is 17.9. The number of nitrogens with one attached hydrogen (secondary N) is 1. The molecule has 1 atom stereocenters. The van der Waals surface area contributed by atoms with E-state index in [-0.39, 0.29) is 23.9 Å². The second kappa shape index (κ2) is 9.72. The van der Waals surface area contributed by atoms with Crippen LogP contribution in [-0.4, -0.2) is 74.0 Å². The van der Waals surface area contributed by atoms with Gasteiger partial charge in [0, 0.05) is 49.2 Å². The highest BCUT2D eigenvalue weighted by molar-refractivity contribution is 5.83. The average molecular weight is 508 g/mol. The highest BCUT2D eigenvalue weighted by Crippen LogP contribution is 2.37. The number of piperazine rings is 1. The van der Waals surface area contributed by atoms with Crippen molar-refractivity contribution in [2.75, 3.05) is 33.0 Å². The molecule has 1 saturated heterocycles. The second-order valence-electron chi connectivity index (χ2n) is 11.2. The lowest BCUT2D eigenvalue weighted by Crippen LogP contribution is -2.52. The van der Waals surface area contributed by atoms with Gasteiger partial charge in [-0.05, 0) is 55.7 Å². The minimum atomic E-state index is -0.354. The lowest BCUT2D eigenvalue weighted by atomic mass is 9.93. The Morgan fingerprint density at radius 2 is 1.78 bits per heavy atom. The summed E-state index contributed by atoms with van der Waals surface area (Å²) in [6.07, 6.45) is 7.49. The van der Waals surface area contributed by atoms with Crippen molar-refractivity contribution in [2.24, 2.45) is 0 Å². The molecular formula is C27H37N7O3. The van der Waals surface area contributed by atoms with E-state index in [1.54, 1.807) is 0 Å². The van der Waals surface area contributed by atoms with Crippen molar-refractivity contribution >= 4 is 10.9 Å². The number of aromatic amines is 1. The second-order valence-corrected chi connectivity index (χ2v) is 11.2. The van der Waals surface area contributed by atoms with Gasteiger partial charge in [0.05, 0.1) is 11.1 Å². The van der Waals surface area contributed by atoms with E-state index in [9.17, 15) is 4.79 Å². The number of ether oxygens (including phenoxy) is 2. The molecule has 0 radical (unpaired) electrons. The van der Waals surface area contributed by atoms with Gasteiger partial charge in [-0.25, -0.2) is 4.68 Å². The van der Waals surface area contributed by atoms with Crippen LogP contribution < -0.4 is 15.0 Å². The Balaban J connectivity index is 1.39. The van der Waals surface area contributed by atoms with Crippen LogP contribution in [0.15, 0.2) is 23.0 Å². The minimum Gasteiger partial charge on any atom is -0.454 e. The van der Waals surface area contributed by atoms with Crippen LogP contribution in [0, 0.1) is 0 Å². The number of tetrazole rings is 1. The molecule has 4 heterocycles. The first-order valence-corrected chi connectivity index (χ1v) is 13.7. The third kappa shape index (κ3) is 4.50. The van der Waals surface area contributed by atoms with Gasteiger partial charge in [-0.15, -0.1) is 5.10 Å². The van der Waals surface area contributed by atoms with E-state index in [1.807, 2.05) is 22.9 Å². The van der Waals surface area contributed by atoms with Gasteiger partial charge >= 0.3 is 0 Å². The number of fused-ring (bicyclic) bond motifs is 2. The van der Waals surface area contributed by atoms with Gasteiger partial charge in [0.15, 0.2) is 17.3 Å². The summed E-state index contributed by atoms with van der Waals surface area (Å²) in [6.45, 7) is 10.3. The molecule has 0 spiro atoms. The molecule has 10 nitrogen and oxygen atoms in total. The van der Waals surface area contributed by atoms with Gasteiger partial charge in [0.2, 0.25) is 6.79 Å². The number of rotatable bonds is 6. The Morgan fingerprint density at radius 3 is 2.51 bits per heavy atom. The predicted octanol–water partition coefficient (Wildman–Crippen LogP) is 3.43. The fourth-order valence-corrected chi connectivity index (χ4v) is 6.07. The Kier molecular flexibility index (Phi) is 6.40. The number of benzene rings is 1. The number of aromatic nitrogens is 5. The fraction of sp³-hybridized carbons (Fsp3) is 0.630. The first-order valence-electron chi connectivity index (χ1n) is 13.7. The van der Waals surface area contributed by atoms with Gasteiger partial charge in [-0.1, -0.05) is 26.2 Å². The van der Waals surface area contributed by atoms with Gasteiger partial charge in [-0.2, -0.15) is 0 Å². The molecule has 1 aliphatic carbocycles. The largest absolute Gasteiger partial charge is 0.454 e. The molecule has 3 aromatic rings. The summed E-state index contributed by atoms with van der Waals surface area (Å²) in [4.78, 5) is 21.7. The molecular weight excluding hydrogens is 470 g/mol. The van der Waals surface area contributed by atoms with Gasteiger partial charge < -0.3 is 14.5 Å². The third-order valence-corrected chi connectivity index (χ3v) is 8.64. The molecule has 198 valence electrons. The lowest BCUT2D eigenvalue weighted by molar-refractivity contribution is 0.0603. The SMILES string of the molecule is CCC(C)(C)n1nnnc1[C@H](c1cc2cc3c(cc2[nH]c1=O)OCO3)N1CCN(C2CCCCC2)CC1. The van der Waals surface area contributed by atoms with E-state index in [1.165, 1.54) is 32.1 Å². The average Bonchev–Trinajstić information content (AvgIpc) is 3.59. The molecule has 2 fully saturated rings. The molecule has 2 aliphatic heterocycles. The van der Waals surface area contributed by atoms with Crippen molar-refractivity contribution < 1.29 is 9.47 Å². The molecule has 1 aromatic carbocycles. The minimum absolute atomic E-state index is 0.130. The normalized spacial score (nSPS) is 20.5. The maximum atomic E-state index is 13.6. The Bertz CT molecular complexity index is 1320. The van der Waals surface area contributed by atoms with Crippen molar-refractivity contribution in [2.45, 2.75) is 76.9 Å². The van der Waals surface area contributed by atoms with Crippen LogP contribution >= 0.6 is 0 Å². The van der Waals surface area contributed by atoms with E-state index in [2.05, 4.69) is 51.1 Å². The highest BCUT2D eigenvalue weighted by atomic mass is 16.7. The Labute approximate surface area is 216 Å². The maximum Gasteiger partial charge on any atom is 0.253 e. The van der Waals surface area contributed by atoms with Crippen LogP contribution in [0.5, 0.6) is 11.5 Å². The van der Waals surface area contributed by atoms with Crippen molar-refractivity contribution in [3.05, 3.63) is 39.9 Å². The number of hydrogen-bond donors (Lipinski definition) is 1. The van der Waals surface area contributed by atoms with Crippen LogP contribution in [0.3, 0.4) is 0 Å². The van der Waals surface area contributed by atoms with Gasteiger partial charge in [-0.3, -0.25) is 14.6 Å². The molecule has 3 aliphatic rings. The zero-order chi connectivity index (χ0) is 25.6. The van der Waals surface area contributed by atoms with Crippen LogP contribution in [0.1, 0.15) is 76.7 Å². The Hall–Kier alpha value is -2.98. The van der Waals surface area contributed by atoms with Crippen molar-refractivity contribution in [1.82, 2.24) is 35.0 Å². The molecule has 10 heteroatoms. The fourth-order valence-electron chi connectivity index (χ4n) is 6.07. The summed E-state index contributed by atoms with van der Waals surface area (Å²) < 4.78 is 13.0. The van der Waals surface area contributed by atoms with Crippen molar-refractivity contribution in [3.63, 3.8) is 0 Å². The van der Waals surface area contributed by atoms with Crippen molar-refractivity contribution in [3.8, 4) is 11.5 Å². The topological polar surface area (TPSA) is 101 Å². The lowest BCUT2D eigenvalue weighted by Gasteiger charge is -2.43. The number of H-pyrrole nitrogens is 1. The third-order valence-electron chi connectivity index (χ3n) is 8.64. The molecule has 0 unspecified atom stereocenters. The molecule has 1 N–H and O–H groups in total. The van der Waals surface area contributed by atoms with Gasteiger partial charge in [0.25, 0.3) is 5.56 Å². The number of pyridine rings is 1. The molecule has 1 saturated carbocycles. The highest BCUT2D eigenvalue weighted by Gasteiger charge is 2.36. The van der Waals surface area contributed by atoms with Crippen LogP contribution in [-0.2, 0) is 5.54 Å². The Morgan fingerprint density at radius 1 is 1.05 bits per heavy atom. The van der Waals surface area contributed by atoms with E-state index < -0.39 is 0 Å². The van der Waals surface area contributed by atoms with Crippen LogP contribution in [0.4, 0.5) is 0 Å². The van der Waals surface area contributed by atoms with E-state index in [0.717, 1.165) is 43.5 Å². The zero-order valence-corrected chi connectivity index (χ0v) is 22.1. The summed E-state index contributed by atoms with van der Waals surface area (Å²) in [5, 5.41) is 13.9. The predicted molar refractivity (Wildman–Crippen MR) is 140 cm³/mol. The van der Waals surface area contributed by atoms with E-state index >= 15 is 0 Å². The molecule has 0 bridgehead atoms.